The number of amides is 1. The lowest BCUT2D eigenvalue weighted by Crippen LogP contribution is -2.42. The molecule has 1 aromatic carbocycles. The second-order valence-corrected chi connectivity index (χ2v) is 8.40. The highest BCUT2D eigenvalue weighted by molar-refractivity contribution is 9.10. The van der Waals surface area contributed by atoms with Crippen LogP contribution in [-0.2, 0) is 19.6 Å². The van der Waals surface area contributed by atoms with Gasteiger partial charge < -0.3 is 10.1 Å². The zero-order chi connectivity index (χ0) is 17.0. The van der Waals surface area contributed by atoms with Crippen LogP contribution in [-0.4, -0.2) is 46.4 Å². The van der Waals surface area contributed by atoms with Crippen molar-refractivity contribution in [3.8, 4) is 0 Å². The summed E-state index contributed by atoms with van der Waals surface area (Å²) in [4.78, 5) is 12.1. The summed E-state index contributed by atoms with van der Waals surface area (Å²) in [6.45, 7) is 2.75. The average Bonchev–Trinajstić information content (AvgIpc) is 2.98. The predicted octanol–water partition coefficient (Wildman–Crippen LogP) is 1.82. The fourth-order valence-corrected chi connectivity index (χ4v) is 3.50. The second-order valence-electron chi connectivity index (χ2n) is 5.64. The smallest absolute Gasteiger partial charge is 0.240 e. The van der Waals surface area contributed by atoms with Crippen molar-refractivity contribution in [2.24, 2.45) is 0 Å². The largest absolute Gasteiger partial charge is 0.376 e. The van der Waals surface area contributed by atoms with Crippen molar-refractivity contribution < 1.29 is 17.9 Å². The lowest BCUT2D eigenvalue weighted by molar-refractivity contribution is -0.120. The highest BCUT2D eigenvalue weighted by Gasteiger charge is 2.22. The Morgan fingerprint density at radius 1 is 1.48 bits per heavy atom. The number of sulfonamides is 1. The molecular weight excluding hydrogens is 384 g/mol. The van der Waals surface area contributed by atoms with Gasteiger partial charge in [-0.3, -0.25) is 9.10 Å². The first-order valence-electron chi connectivity index (χ1n) is 7.39. The Bertz CT molecular complexity index is 672. The summed E-state index contributed by atoms with van der Waals surface area (Å²) in [5, 5.41) is 2.74. The van der Waals surface area contributed by atoms with Crippen molar-refractivity contribution >= 4 is 37.5 Å². The van der Waals surface area contributed by atoms with E-state index in [1.807, 2.05) is 6.92 Å². The third kappa shape index (κ3) is 5.19. The minimum atomic E-state index is -3.55. The van der Waals surface area contributed by atoms with Gasteiger partial charge in [0.2, 0.25) is 15.9 Å². The number of ether oxygens (including phenoxy) is 1. The van der Waals surface area contributed by atoms with E-state index in [0.717, 1.165) is 33.4 Å². The fraction of sp³-hybridized carbons (Fsp3) is 0.533. The molecule has 1 heterocycles. The van der Waals surface area contributed by atoms with E-state index in [-0.39, 0.29) is 18.6 Å². The van der Waals surface area contributed by atoms with Crippen LogP contribution in [0.25, 0.3) is 0 Å². The molecule has 128 valence electrons. The van der Waals surface area contributed by atoms with Gasteiger partial charge in [-0.1, -0.05) is 15.9 Å². The molecule has 0 radical (unpaired) electrons. The summed E-state index contributed by atoms with van der Waals surface area (Å²) in [7, 11) is -3.55. The summed E-state index contributed by atoms with van der Waals surface area (Å²) in [5.41, 5.74) is 1.37. The van der Waals surface area contributed by atoms with E-state index in [4.69, 9.17) is 4.74 Å². The Hall–Kier alpha value is -1.12. The SMILES string of the molecule is Cc1cc(N(CC(=O)NCC2CCCO2)S(C)(=O)=O)ccc1Br. The molecule has 1 saturated heterocycles. The van der Waals surface area contributed by atoms with Crippen LogP contribution in [0.2, 0.25) is 0 Å². The third-order valence-corrected chi connectivity index (χ3v) is 5.70. The molecule has 2 rings (SSSR count). The number of nitrogens with one attached hydrogen (secondary N) is 1. The molecule has 23 heavy (non-hydrogen) atoms. The van der Waals surface area contributed by atoms with E-state index in [0.29, 0.717) is 18.8 Å². The van der Waals surface area contributed by atoms with Crippen molar-refractivity contribution in [1.82, 2.24) is 5.32 Å². The Morgan fingerprint density at radius 2 is 2.22 bits per heavy atom. The summed E-state index contributed by atoms with van der Waals surface area (Å²) in [5.74, 6) is -0.341. The molecule has 0 saturated carbocycles. The molecule has 1 fully saturated rings. The molecule has 1 aliphatic rings. The number of carbonyl (C=O) groups is 1. The van der Waals surface area contributed by atoms with Crippen LogP contribution < -0.4 is 9.62 Å². The maximum Gasteiger partial charge on any atom is 0.240 e. The standard InChI is InChI=1S/C15H21BrN2O4S/c1-11-8-12(5-6-14(11)16)18(23(2,20)21)10-15(19)17-9-13-4-3-7-22-13/h5-6,8,13H,3-4,7,9-10H2,1-2H3,(H,17,19). The Labute approximate surface area is 145 Å². The molecular formula is C15H21BrN2O4S. The molecule has 1 aliphatic heterocycles. The Kier molecular flexibility index (Phi) is 6.05. The Morgan fingerprint density at radius 3 is 2.78 bits per heavy atom. The van der Waals surface area contributed by atoms with Gasteiger partial charge in [0.1, 0.15) is 6.54 Å². The molecule has 1 N–H and O–H groups in total. The molecule has 0 aromatic heterocycles. The molecule has 1 amide bonds. The summed E-state index contributed by atoms with van der Waals surface area (Å²) >= 11 is 3.38. The van der Waals surface area contributed by atoms with Gasteiger partial charge in [-0.25, -0.2) is 8.42 Å². The number of rotatable bonds is 6. The number of nitrogens with zero attached hydrogens (tertiary/aromatic N) is 1. The van der Waals surface area contributed by atoms with Gasteiger partial charge in [-0.2, -0.15) is 0 Å². The minimum Gasteiger partial charge on any atom is -0.376 e. The van der Waals surface area contributed by atoms with Crippen molar-refractivity contribution in [3.63, 3.8) is 0 Å². The number of carbonyl (C=O) groups excluding carboxylic acids is 1. The minimum absolute atomic E-state index is 0.0283. The van der Waals surface area contributed by atoms with Crippen molar-refractivity contribution in [2.75, 3.05) is 30.3 Å². The molecule has 6 nitrogen and oxygen atoms in total. The summed E-state index contributed by atoms with van der Waals surface area (Å²) in [6.07, 6.45) is 3.04. The fourth-order valence-electron chi connectivity index (χ4n) is 2.40. The predicted molar refractivity (Wildman–Crippen MR) is 93.1 cm³/mol. The normalized spacial score (nSPS) is 18.0. The first-order valence-corrected chi connectivity index (χ1v) is 10.0. The van der Waals surface area contributed by atoms with E-state index in [1.165, 1.54) is 0 Å². The van der Waals surface area contributed by atoms with Gasteiger partial charge in [0.15, 0.2) is 0 Å². The molecule has 1 atom stereocenters. The molecule has 1 aromatic rings. The van der Waals surface area contributed by atoms with E-state index in [9.17, 15) is 13.2 Å². The molecule has 1 unspecified atom stereocenters. The quantitative estimate of drug-likeness (QED) is 0.784. The van der Waals surface area contributed by atoms with Gasteiger partial charge in [-0.05, 0) is 43.5 Å². The lowest BCUT2D eigenvalue weighted by atomic mass is 10.2. The lowest BCUT2D eigenvalue weighted by Gasteiger charge is -2.23. The molecule has 0 aliphatic carbocycles. The van der Waals surface area contributed by atoms with Gasteiger partial charge in [0.25, 0.3) is 0 Å². The number of halogens is 1. The van der Waals surface area contributed by atoms with E-state index >= 15 is 0 Å². The topological polar surface area (TPSA) is 75.7 Å². The number of hydrogen-bond acceptors (Lipinski definition) is 4. The number of hydrogen-bond donors (Lipinski definition) is 1. The molecule has 0 bridgehead atoms. The van der Waals surface area contributed by atoms with Crippen LogP contribution >= 0.6 is 15.9 Å². The maximum atomic E-state index is 12.1. The average molecular weight is 405 g/mol. The number of anilines is 1. The maximum absolute atomic E-state index is 12.1. The monoisotopic (exact) mass is 404 g/mol. The van der Waals surface area contributed by atoms with Crippen molar-refractivity contribution in [3.05, 3.63) is 28.2 Å². The first kappa shape index (κ1) is 18.2. The van der Waals surface area contributed by atoms with Gasteiger partial charge in [-0.15, -0.1) is 0 Å². The van der Waals surface area contributed by atoms with Gasteiger partial charge in [0, 0.05) is 17.6 Å². The van der Waals surface area contributed by atoms with Crippen LogP contribution in [0.15, 0.2) is 22.7 Å². The highest BCUT2D eigenvalue weighted by atomic mass is 79.9. The molecule has 0 spiro atoms. The first-order chi connectivity index (χ1) is 10.8. The van der Waals surface area contributed by atoms with Crippen LogP contribution in [0, 0.1) is 6.92 Å². The zero-order valence-electron chi connectivity index (χ0n) is 13.2. The second kappa shape index (κ2) is 7.63. The zero-order valence-corrected chi connectivity index (χ0v) is 15.6. The van der Waals surface area contributed by atoms with Crippen LogP contribution in [0.3, 0.4) is 0 Å². The van der Waals surface area contributed by atoms with Crippen molar-refractivity contribution in [2.45, 2.75) is 25.9 Å². The van der Waals surface area contributed by atoms with E-state index < -0.39 is 10.0 Å². The Balaban J connectivity index is 2.06. The highest BCUT2D eigenvalue weighted by Crippen LogP contribution is 2.24. The van der Waals surface area contributed by atoms with Crippen LogP contribution in [0.4, 0.5) is 5.69 Å². The third-order valence-electron chi connectivity index (χ3n) is 3.67. The van der Waals surface area contributed by atoms with Crippen molar-refractivity contribution in [1.29, 1.82) is 0 Å². The number of aryl methyl sites for hydroxylation is 1. The molecule has 8 heteroatoms. The van der Waals surface area contributed by atoms with Crippen LogP contribution in [0.5, 0.6) is 0 Å². The number of benzene rings is 1. The summed E-state index contributed by atoms with van der Waals surface area (Å²) in [6, 6.07) is 5.18. The van der Waals surface area contributed by atoms with E-state index in [2.05, 4.69) is 21.2 Å². The van der Waals surface area contributed by atoms with E-state index in [1.54, 1.807) is 18.2 Å². The van der Waals surface area contributed by atoms with Crippen LogP contribution in [0.1, 0.15) is 18.4 Å². The van der Waals surface area contributed by atoms with Gasteiger partial charge in [0.05, 0.1) is 18.0 Å². The van der Waals surface area contributed by atoms with Gasteiger partial charge >= 0.3 is 0 Å². The summed E-state index contributed by atoms with van der Waals surface area (Å²) < 4.78 is 31.5.